The SMILES string of the molecule is Cc1nc2c(Cl)nc(Cl)nc2n1[C@@H]1CCOC1. The summed E-state index contributed by atoms with van der Waals surface area (Å²) in [6.45, 7) is 3.35. The number of aryl methyl sites for hydroxylation is 1. The van der Waals surface area contributed by atoms with E-state index in [1.807, 2.05) is 11.5 Å². The molecular weight excluding hydrogens is 263 g/mol. The molecule has 90 valence electrons. The minimum absolute atomic E-state index is 0.141. The van der Waals surface area contributed by atoms with Crippen LogP contribution in [0.2, 0.25) is 10.4 Å². The molecule has 0 unspecified atom stereocenters. The third kappa shape index (κ3) is 1.78. The van der Waals surface area contributed by atoms with Crippen LogP contribution >= 0.6 is 23.2 Å². The van der Waals surface area contributed by atoms with E-state index in [4.69, 9.17) is 27.9 Å². The molecule has 1 atom stereocenters. The monoisotopic (exact) mass is 272 g/mol. The lowest BCUT2D eigenvalue weighted by atomic mass is 10.2. The summed E-state index contributed by atoms with van der Waals surface area (Å²) in [6, 6.07) is 0.252. The number of hydrogen-bond acceptors (Lipinski definition) is 4. The molecule has 1 fully saturated rings. The van der Waals surface area contributed by atoms with Crippen LogP contribution in [-0.4, -0.2) is 32.7 Å². The smallest absolute Gasteiger partial charge is 0.225 e. The predicted octanol–water partition coefficient (Wildman–Crippen LogP) is 2.40. The molecule has 7 heteroatoms. The van der Waals surface area contributed by atoms with Gasteiger partial charge in [-0.1, -0.05) is 11.6 Å². The summed E-state index contributed by atoms with van der Waals surface area (Å²) in [5, 5.41) is 0.434. The second-order valence-corrected chi connectivity index (χ2v) is 4.70. The minimum atomic E-state index is 0.141. The molecule has 0 aliphatic carbocycles. The maximum atomic E-state index is 6.01. The van der Waals surface area contributed by atoms with E-state index in [2.05, 4.69) is 15.0 Å². The first-order valence-corrected chi connectivity index (χ1v) is 6.07. The zero-order chi connectivity index (χ0) is 12.0. The first kappa shape index (κ1) is 11.2. The van der Waals surface area contributed by atoms with Crippen LogP contribution < -0.4 is 0 Å². The first-order chi connectivity index (χ1) is 8.16. The average molecular weight is 273 g/mol. The average Bonchev–Trinajstić information content (AvgIpc) is 2.84. The second kappa shape index (κ2) is 4.08. The molecule has 5 nitrogen and oxygen atoms in total. The van der Waals surface area contributed by atoms with Gasteiger partial charge in [-0.2, -0.15) is 4.98 Å². The maximum Gasteiger partial charge on any atom is 0.225 e. The Hall–Kier alpha value is -0.910. The summed E-state index contributed by atoms with van der Waals surface area (Å²) >= 11 is 11.8. The van der Waals surface area contributed by atoms with Crippen LogP contribution in [0.15, 0.2) is 0 Å². The number of imidazole rings is 1. The third-order valence-electron chi connectivity index (χ3n) is 2.92. The Balaban J connectivity index is 2.25. The number of nitrogens with zero attached hydrogens (tertiary/aromatic N) is 4. The Morgan fingerprint density at radius 2 is 2.12 bits per heavy atom. The van der Waals surface area contributed by atoms with Crippen molar-refractivity contribution < 1.29 is 4.74 Å². The van der Waals surface area contributed by atoms with E-state index < -0.39 is 0 Å². The molecule has 1 aliphatic heterocycles. The van der Waals surface area contributed by atoms with Gasteiger partial charge >= 0.3 is 0 Å². The molecule has 3 rings (SSSR count). The highest BCUT2D eigenvalue weighted by Crippen LogP contribution is 2.28. The fourth-order valence-corrected chi connectivity index (χ4v) is 2.60. The van der Waals surface area contributed by atoms with E-state index in [1.165, 1.54) is 0 Å². The van der Waals surface area contributed by atoms with Gasteiger partial charge in [-0.3, -0.25) is 0 Å². The molecule has 0 N–H and O–H groups in total. The molecule has 1 aliphatic rings. The van der Waals surface area contributed by atoms with Crippen molar-refractivity contribution in [2.24, 2.45) is 0 Å². The topological polar surface area (TPSA) is 52.8 Å². The van der Waals surface area contributed by atoms with E-state index >= 15 is 0 Å². The lowest BCUT2D eigenvalue weighted by Crippen LogP contribution is -2.11. The second-order valence-electron chi connectivity index (χ2n) is 4.00. The number of halogens is 2. The number of fused-ring (bicyclic) bond motifs is 1. The van der Waals surface area contributed by atoms with Gasteiger partial charge in [0, 0.05) is 6.61 Å². The summed E-state index contributed by atoms with van der Waals surface area (Å²) in [4.78, 5) is 12.5. The summed E-state index contributed by atoms with van der Waals surface area (Å²) in [6.07, 6.45) is 0.950. The van der Waals surface area contributed by atoms with Crippen LogP contribution in [0.5, 0.6) is 0 Å². The van der Waals surface area contributed by atoms with Gasteiger partial charge in [-0.25, -0.2) is 9.97 Å². The van der Waals surface area contributed by atoms with Gasteiger partial charge in [-0.05, 0) is 24.9 Å². The van der Waals surface area contributed by atoms with Crippen molar-refractivity contribution in [3.63, 3.8) is 0 Å². The summed E-state index contributed by atoms with van der Waals surface area (Å²) in [5.41, 5.74) is 1.28. The fraction of sp³-hybridized carbons (Fsp3) is 0.500. The van der Waals surface area contributed by atoms with Crippen LogP contribution in [0, 0.1) is 6.92 Å². The molecule has 2 aromatic rings. The minimum Gasteiger partial charge on any atom is -0.379 e. The Morgan fingerprint density at radius 1 is 1.29 bits per heavy atom. The van der Waals surface area contributed by atoms with Crippen molar-refractivity contribution in [3.8, 4) is 0 Å². The quantitative estimate of drug-likeness (QED) is 0.591. The standard InChI is InChI=1S/C10H10Cl2N4O/c1-5-13-7-8(11)14-10(12)15-9(7)16(5)6-2-3-17-4-6/h6H,2-4H2,1H3/t6-/m1/s1. The molecule has 1 saturated heterocycles. The van der Waals surface area contributed by atoms with Crippen molar-refractivity contribution in [2.45, 2.75) is 19.4 Å². The highest BCUT2D eigenvalue weighted by Gasteiger charge is 2.24. The van der Waals surface area contributed by atoms with Crippen LogP contribution in [0.3, 0.4) is 0 Å². The summed E-state index contributed by atoms with van der Waals surface area (Å²) in [5.74, 6) is 0.856. The van der Waals surface area contributed by atoms with Gasteiger partial charge in [0.1, 0.15) is 11.3 Å². The van der Waals surface area contributed by atoms with Gasteiger partial charge in [0.15, 0.2) is 10.8 Å². The van der Waals surface area contributed by atoms with Crippen molar-refractivity contribution in [2.75, 3.05) is 13.2 Å². The van der Waals surface area contributed by atoms with Crippen LogP contribution in [0.4, 0.5) is 0 Å². The van der Waals surface area contributed by atoms with Crippen LogP contribution in [0.1, 0.15) is 18.3 Å². The Morgan fingerprint density at radius 3 is 2.82 bits per heavy atom. The lowest BCUT2D eigenvalue weighted by Gasteiger charge is -2.12. The summed E-state index contributed by atoms with van der Waals surface area (Å²) < 4.78 is 7.42. The molecule has 0 aromatic carbocycles. The largest absolute Gasteiger partial charge is 0.379 e. The van der Waals surface area contributed by atoms with Gasteiger partial charge in [0.05, 0.1) is 12.6 Å². The Kier molecular flexibility index (Phi) is 2.69. The van der Waals surface area contributed by atoms with Crippen LogP contribution in [0.25, 0.3) is 11.2 Å². The molecule has 0 bridgehead atoms. The molecule has 0 amide bonds. The van der Waals surface area contributed by atoms with Crippen molar-refractivity contribution in [3.05, 3.63) is 16.3 Å². The van der Waals surface area contributed by atoms with E-state index in [-0.39, 0.29) is 11.3 Å². The molecule has 3 heterocycles. The van der Waals surface area contributed by atoms with Crippen LogP contribution in [-0.2, 0) is 4.74 Å². The van der Waals surface area contributed by atoms with Crippen molar-refractivity contribution in [1.82, 2.24) is 19.5 Å². The third-order valence-corrected chi connectivity index (χ3v) is 3.35. The zero-order valence-corrected chi connectivity index (χ0v) is 10.7. The van der Waals surface area contributed by atoms with Gasteiger partial charge < -0.3 is 9.30 Å². The van der Waals surface area contributed by atoms with Gasteiger partial charge in [0.25, 0.3) is 0 Å². The lowest BCUT2D eigenvalue weighted by molar-refractivity contribution is 0.186. The predicted molar refractivity (Wildman–Crippen MR) is 64.6 cm³/mol. The number of hydrogen-bond donors (Lipinski definition) is 0. The molecule has 0 saturated carbocycles. The normalized spacial score (nSPS) is 20.3. The fourth-order valence-electron chi connectivity index (χ4n) is 2.19. The number of rotatable bonds is 1. The van der Waals surface area contributed by atoms with E-state index in [0.29, 0.717) is 22.9 Å². The van der Waals surface area contributed by atoms with Crippen molar-refractivity contribution in [1.29, 1.82) is 0 Å². The van der Waals surface area contributed by atoms with Crippen molar-refractivity contribution >= 4 is 34.4 Å². The summed E-state index contributed by atoms with van der Waals surface area (Å²) in [7, 11) is 0. The highest BCUT2D eigenvalue weighted by atomic mass is 35.5. The molecule has 17 heavy (non-hydrogen) atoms. The molecule has 0 radical (unpaired) electrons. The van der Waals surface area contributed by atoms with E-state index in [9.17, 15) is 0 Å². The maximum absolute atomic E-state index is 6.01. The Labute approximate surface area is 108 Å². The zero-order valence-electron chi connectivity index (χ0n) is 9.15. The molecule has 2 aromatic heterocycles. The number of aromatic nitrogens is 4. The molecule has 0 spiro atoms. The Bertz CT molecular complexity index is 577. The van der Waals surface area contributed by atoms with Gasteiger partial charge in [0.2, 0.25) is 5.28 Å². The highest BCUT2D eigenvalue weighted by molar-refractivity contribution is 6.35. The first-order valence-electron chi connectivity index (χ1n) is 5.32. The number of ether oxygens (including phenoxy) is 1. The van der Waals surface area contributed by atoms with E-state index in [0.717, 1.165) is 18.9 Å². The van der Waals surface area contributed by atoms with E-state index in [1.54, 1.807) is 0 Å². The molecular formula is C10H10Cl2N4O. The van der Waals surface area contributed by atoms with Gasteiger partial charge in [-0.15, -0.1) is 0 Å².